The van der Waals surface area contributed by atoms with Gasteiger partial charge in [0.25, 0.3) is 5.91 Å². The van der Waals surface area contributed by atoms with Crippen molar-refractivity contribution in [2.24, 2.45) is 11.7 Å². The van der Waals surface area contributed by atoms with E-state index in [0.717, 1.165) is 62.0 Å². The molecular weight excluding hydrogens is 438 g/mol. The molecule has 2 unspecified atom stereocenters. The molecule has 0 spiro atoms. The van der Waals surface area contributed by atoms with Gasteiger partial charge < -0.3 is 26.6 Å². The van der Waals surface area contributed by atoms with E-state index in [2.05, 4.69) is 52.3 Å². The zero-order valence-electron chi connectivity index (χ0n) is 20.6. The van der Waals surface area contributed by atoms with Crippen LogP contribution in [-0.4, -0.2) is 60.0 Å². The van der Waals surface area contributed by atoms with Crippen LogP contribution < -0.4 is 21.7 Å². The second kappa shape index (κ2) is 9.79. The van der Waals surface area contributed by atoms with Crippen LogP contribution in [0.25, 0.3) is 10.9 Å². The van der Waals surface area contributed by atoms with Crippen LogP contribution in [0.3, 0.4) is 0 Å². The van der Waals surface area contributed by atoms with E-state index < -0.39 is 0 Å². The Morgan fingerprint density at radius 1 is 1.14 bits per heavy atom. The smallest absolute Gasteiger partial charge is 0.276 e. The molecular formula is C27H35N7O. The van der Waals surface area contributed by atoms with Gasteiger partial charge in [-0.15, -0.1) is 0 Å². The number of hydrogen-bond donors (Lipinski definition) is 3. The number of nitrogens with one attached hydrogen (secondary N) is 1. The molecule has 8 heteroatoms. The number of pyridine rings is 2. The van der Waals surface area contributed by atoms with Crippen molar-refractivity contribution in [2.45, 2.75) is 38.1 Å². The van der Waals surface area contributed by atoms with Crippen LogP contribution in [0.15, 0.2) is 42.7 Å². The number of nitrogens with two attached hydrogens (primary N) is 2. The van der Waals surface area contributed by atoms with Gasteiger partial charge in [0.15, 0.2) is 5.69 Å². The average molecular weight is 474 g/mol. The number of likely N-dealkylation sites (tertiary alicyclic amines) is 1. The topological polar surface area (TPSA) is 113 Å². The summed E-state index contributed by atoms with van der Waals surface area (Å²) in [7, 11) is 2.17. The third-order valence-electron chi connectivity index (χ3n) is 7.36. The van der Waals surface area contributed by atoms with E-state index in [9.17, 15) is 4.79 Å². The van der Waals surface area contributed by atoms with Gasteiger partial charge >= 0.3 is 0 Å². The molecule has 35 heavy (non-hydrogen) atoms. The number of carbonyl (C=O) groups is 1. The van der Waals surface area contributed by atoms with Gasteiger partial charge in [-0.2, -0.15) is 0 Å². The molecule has 2 aliphatic heterocycles. The van der Waals surface area contributed by atoms with Crippen LogP contribution in [-0.2, 0) is 0 Å². The number of fused-ring (bicyclic) bond motifs is 1. The Balaban J connectivity index is 1.41. The molecule has 3 aromatic rings. The lowest BCUT2D eigenvalue weighted by atomic mass is 9.89. The minimum Gasteiger partial charge on any atom is -0.397 e. The van der Waals surface area contributed by atoms with Gasteiger partial charge in [0.1, 0.15) is 0 Å². The first-order valence-corrected chi connectivity index (χ1v) is 12.5. The number of rotatable bonds is 4. The monoisotopic (exact) mass is 473 g/mol. The molecule has 0 saturated carbocycles. The number of piperidine rings is 2. The Bertz CT molecular complexity index is 1210. The second-order valence-corrected chi connectivity index (χ2v) is 10.3. The van der Waals surface area contributed by atoms with E-state index in [0.29, 0.717) is 23.2 Å². The van der Waals surface area contributed by atoms with Crippen molar-refractivity contribution in [3.05, 3.63) is 54.0 Å². The molecule has 1 amide bonds. The van der Waals surface area contributed by atoms with Crippen LogP contribution in [0, 0.1) is 5.92 Å². The van der Waals surface area contributed by atoms with E-state index in [1.165, 1.54) is 5.56 Å². The Morgan fingerprint density at radius 3 is 2.71 bits per heavy atom. The predicted molar refractivity (Wildman–Crippen MR) is 142 cm³/mol. The SMILES string of the molecule is CC1CC(N)CN(c2ccncc2NC(=O)c2nc3cc(C4CCN(C)CC4)ccc3cc2N)C1. The minimum absolute atomic E-state index is 0.104. The zero-order chi connectivity index (χ0) is 24.5. The zero-order valence-corrected chi connectivity index (χ0v) is 20.6. The Kier molecular flexibility index (Phi) is 6.58. The fourth-order valence-corrected chi connectivity index (χ4v) is 5.52. The number of nitrogen functional groups attached to an aromatic ring is 1. The highest BCUT2D eigenvalue weighted by molar-refractivity contribution is 6.09. The fourth-order valence-electron chi connectivity index (χ4n) is 5.52. The van der Waals surface area contributed by atoms with Crippen molar-refractivity contribution in [1.29, 1.82) is 0 Å². The molecule has 5 rings (SSSR count). The Labute approximate surface area is 206 Å². The maximum atomic E-state index is 13.3. The lowest BCUT2D eigenvalue weighted by molar-refractivity contribution is 0.102. The number of amides is 1. The molecule has 5 N–H and O–H groups in total. The maximum Gasteiger partial charge on any atom is 0.276 e. The van der Waals surface area contributed by atoms with E-state index in [4.69, 9.17) is 16.5 Å². The Morgan fingerprint density at radius 2 is 1.94 bits per heavy atom. The molecule has 2 aromatic heterocycles. The van der Waals surface area contributed by atoms with E-state index in [-0.39, 0.29) is 17.6 Å². The summed E-state index contributed by atoms with van der Waals surface area (Å²) in [5.74, 6) is 0.660. The first-order chi connectivity index (χ1) is 16.9. The van der Waals surface area contributed by atoms with Gasteiger partial charge in [0.05, 0.1) is 28.8 Å². The largest absolute Gasteiger partial charge is 0.397 e. The molecule has 1 aromatic carbocycles. The fraction of sp³-hybridized carbons (Fsp3) is 0.444. The molecule has 2 aliphatic rings. The summed E-state index contributed by atoms with van der Waals surface area (Å²) in [5.41, 5.74) is 16.8. The van der Waals surface area contributed by atoms with E-state index in [1.54, 1.807) is 12.4 Å². The number of aromatic nitrogens is 2. The molecule has 2 atom stereocenters. The third-order valence-corrected chi connectivity index (χ3v) is 7.36. The van der Waals surface area contributed by atoms with Gasteiger partial charge in [0.2, 0.25) is 0 Å². The van der Waals surface area contributed by atoms with Gasteiger partial charge in [-0.3, -0.25) is 9.78 Å². The number of nitrogens with zero attached hydrogens (tertiary/aromatic N) is 4. The number of carbonyl (C=O) groups excluding carboxylic acids is 1. The molecule has 0 radical (unpaired) electrons. The van der Waals surface area contributed by atoms with Crippen molar-refractivity contribution in [3.8, 4) is 0 Å². The van der Waals surface area contributed by atoms with Crippen LogP contribution in [0.1, 0.15) is 48.2 Å². The molecule has 184 valence electrons. The number of benzene rings is 1. The van der Waals surface area contributed by atoms with Crippen LogP contribution in [0.5, 0.6) is 0 Å². The Hall–Kier alpha value is -3.23. The summed E-state index contributed by atoms with van der Waals surface area (Å²) in [6.07, 6.45) is 6.68. The van der Waals surface area contributed by atoms with Gasteiger partial charge in [0, 0.05) is 30.7 Å². The lowest BCUT2D eigenvalue weighted by Crippen LogP contribution is -2.46. The van der Waals surface area contributed by atoms with Crippen molar-refractivity contribution in [3.63, 3.8) is 0 Å². The highest BCUT2D eigenvalue weighted by Gasteiger charge is 2.25. The summed E-state index contributed by atoms with van der Waals surface area (Å²) >= 11 is 0. The quantitative estimate of drug-likeness (QED) is 0.532. The highest BCUT2D eigenvalue weighted by Crippen LogP contribution is 2.32. The second-order valence-electron chi connectivity index (χ2n) is 10.3. The molecule has 0 bridgehead atoms. The normalized spacial score (nSPS) is 21.9. The standard InChI is InChI=1S/C27H35N7O/c1-17-11-21(28)16-34(15-17)25-5-8-30-14-24(25)32-27(35)26-22(29)12-20-4-3-19(13-23(20)31-26)18-6-9-33(2)10-7-18/h3-5,8,12-14,17-18,21H,6-7,9-11,15-16,28-29H2,1-2H3,(H,32,35). The van der Waals surface area contributed by atoms with E-state index in [1.807, 2.05) is 12.1 Å². The average Bonchev–Trinajstić information content (AvgIpc) is 2.83. The third kappa shape index (κ3) is 5.09. The molecule has 2 saturated heterocycles. The summed E-state index contributed by atoms with van der Waals surface area (Å²) in [6, 6.07) is 10.2. The first kappa shape index (κ1) is 23.5. The summed E-state index contributed by atoms with van der Waals surface area (Å²) < 4.78 is 0. The highest BCUT2D eigenvalue weighted by atomic mass is 16.1. The van der Waals surface area contributed by atoms with Crippen molar-refractivity contribution in [2.75, 3.05) is 49.2 Å². The molecule has 0 aliphatic carbocycles. The summed E-state index contributed by atoms with van der Waals surface area (Å²) in [4.78, 5) is 26.9. The lowest BCUT2D eigenvalue weighted by Gasteiger charge is -2.37. The van der Waals surface area contributed by atoms with Crippen LogP contribution in [0.4, 0.5) is 17.1 Å². The van der Waals surface area contributed by atoms with Crippen molar-refractivity contribution in [1.82, 2.24) is 14.9 Å². The van der Waals surface area contributed by atoms with Crippen molar-refractivity contribution < 1.29 is 4.79 Å². The van der Waals surface area contributed by atoms with E-state index >= 15 is 0 Å². The molecule has 2 fully saturated rings. The van der Waals surface area contributed by atoms with Gasteiger partial charge in [-0.25, -0.2) is 4.98 Å². The first-order valence-electron chi connectivity index (χ1n) is 12.5. The maximum absolute atomic E-state index is 13.3. The van der Waals surface area contributed by atoms with Crippen LogP contribution in [0.2, 0.25) is 0 Å². The summed E-state index contributed by atoms with van der Waals surface area (Å²) in [6.45, 7) is 6.02. The molecule has 4 heterocycles. The van der Waals surface area contributed by atoms with Gasteiger partial charge in [-0.05, 0) is 75.0 Å². The van der Waals surface area contributed by atoms with Crippen LogP contribution >= 0.6 is 0 Å². The number of anilines is 3. The van der Waals surface area contributed by atoms with Gasteiger partial charge in [-0.1, -0.05) is 19.1 Å². The molecule has 8 nitrogen and oxygen atoms in total. The van der Waals surface area contributed by atoms with Crippen molar-refractivity contribution >= 4 is 33.9 Å². The number of hydrogen-bond acceptors (Lipinski definition) is 7. The predicted octanol–water partition coefficient (Wildman–Crippen LogP) is 3.45. The summed E-state index contributed by atoms with van der Waals surface area (Å²) in [5, 5.41) is 3.95. The minimum atomic E-state index is -0.335.